The maximum Gasteiger partial charge on any atom is 0.124 e. The average molecular weight is 354 g/mol. The highest BCUT2D eigenvalue weighted by atomic mass is 16.3. The van der Waals surface area contributed by atoms with Crippen LogP contribution in [-0.2, 0) is 6.42 Å². The van der Waals surface area contributed by atoms with Gasteiger partial charge in [-0.2, -0.15) is 0 Å². The first-order valence-corrected chi connectivity index (χ1v) is 8.69. The molecule has 27 heavy (non-hydrogen) atoms. The molecule has 0 unspecified atom stereocenters. The second-order valence-corrected chi connectivity index (χ2v) is 6.24. The van der Waals surface area contributed by atoms with Gasteiger partial charge in [0.2, 0.25) is 0 Å². The van der Waals surface area contributed by atoms with Gasteiger partial charge in [0.15, 0.2) is 0 Å². The lowest BCUT2D eigenvalue weighted by molar-refractivity contribution is 0.476. The van der Waals surface area contributed by atoms with Crippen LogP contribution in [0.3, 0.4) is 0 Å². The molecule has 0 radical (unpaired) electrons. The van der Waals surface area contributed by atoms with Crippen molar-refractivity contribution >= 4 is 0 Å². The zero-order valence-corrected chi connectivity index (χ0v) is 14.6. The summed E-state index contributed by atoms with van der Waals surface area (Å²) >= 11 is 0. The van der Waals surface area contributed by atoms with Crippen LogP contribution in [0.5, 0.6) is 11.5 Å². The van der Waals surface area contributed by atoms with Gasteiger partial charge in [-0.3, -0.25) is 9.97 Å². The van der Waals surface area contributed by atoms with Crippen molar-refractivity contribution in [3.05, 3.63) is 96.3 Å². The molecule has 132 valence electrons. The molecule has 0 saturated heterocycles. The maximum atomic E-state index is 10.1. The second-order valence-electron chi connectivity index (χ2n) is 6.24. The molecular formula is C23H18N2O2. The monoisotopic (exact) mass is 354 g/mol. The van der Waals surface area contributed by atoms with E-state index < -0.39 is 0 Å². The SMILES string of the molecule is Oc1ccccc1-c1cccc(Cc2cccc(-c3ccccc3O)n2)n1. The summed E-state index contributed by atoms with van der Waals surface area (Å²) in [7, 11) is 0. The average Bonchev–Trinajstić information content (AvgIpc) is 2.69. The molecule has 4 rings (SSSR count). The number of benzene rings is 2. The molecular weight excluding hydrogens is 336 g/mol. The fourth-order valence-corrected chi connectivity index (χ4v) is 3.02. The van der Waals surface area contributed by atoms with Crippen LogP contribution in [0.25, 0.3) is 22.5 Å². The van der Waals surface area contributed by atoms with Crippen molar-refractivity contribution in [2.75, 3.05) is 0 Å². The summed E-state index contributed by atoms with van der Waals surface area (Å²) in [4.78, 5) is 9.34. The highest BCUT2D eigenvalue weighted by molar-refractivity contribution is 5.67. The van der Waals surface area contributed by atoms with Crippen LogP contribution in [0.2, 0.25) is 0 Å². The smallest absolute Gasteiger partial charge is 0.124 e. The normalized spacial score (nSPS) is 10.7. The van der Waals surface area contributed by atoms with Gasteiger partial charge >= 0.3 is 0 Å². The zero-order valence-electron chi connectivity index (χ0n) is 14.6. The van der Waals surface area contributed by atoms with E-state index in [0.29, 0.717) is 17.5 Å². The topological polar surface area (TPSA) is 66.2 Å². The number of rotatable bonds is 4. The number of nitrogens with zero attached hydrogens (tertiary/aromatic N) is 2. The minimum absolute atomic E-state index is 0.210. The lowest BCUT2D eigenvalue weighted by atomic mass is 10.1. The molecule has 2 N–H and O–H groups in total. The molecule has 0 spiro atoms. The predicted octanol–water partition coefficient (Wildman–Crippen LogP) is 4.81. The van der Waals surface area contributed by atoms with Crippen LogP contribution in [-0.4, -0.2) is 20.2 Å². The van der Waals surface area contributed by atoms with E-state index in [1.807, 2.05) is 60.7 Å². The Morgan fingerprint density at radius 1 is 0.519 bits per heavy atom. The van der Waals surface area contributed by atoms with Crippen LogP contribution < -0.4 is 0 Å². The molecule has 2 heterocycles. The molecule has 2 aromatic heterocycles. The molecule has 0 amide bonds. The summed E-state index contributed by atoms with van der Waals surface area (Å²) in [5.74, 6) is 0.420. The van der Waals surface area contributed by atoms with Gasteiger partial charge in [0.05, 0.1) is 11.4 Å². The van der Waals surface area contributed by atoms with Crippen LogP contribution in [0.4, 0.5) is 0 Å². The molecule has 4 aromatic rings. The first-order chi connectivity index (χ1) is 13.2. The van der Waals surface area contributed by atoms with Gasteiger partial charge in [-0.05, 0) is 48.5 Å². The summed E-state index contributed by atoms with van der Waals surface area (Å²) in [6.07, 6.45) is 0.558. The highest BCUT2D eigenvalue weighted by Crippen LogP contribution is 2.28. The number of hydrogen-bond donors (Lipinski definition) is 2. The van der Waals surface area contributed by atoms with Gasteiger partial charge in [0.25, 0.3) is 0 Å². The van der Waals surface area contributed by atoms with Crippen molar-refractivity contribution in [2.45, 2.75) is 6.42 Å². The number of aromatic nitrogens is 2. The first kappa shape index (κ1) is 16.8. The van der Waals surface area contributed by atoms with Gasteiger partial charge < -0.3 is 10.2 Å². The van der Waals surface area contributed by atoms with E-state index >= 15 is 0 Å². The third-order valence-corrected chi connectivity index (χ3v) is 4.34. The molecule has 0 aliphatic carbocycles. The van der Waals surface area contributed by atoms with E-state index in [0.717, 1.165) is 22.8 Å². The Labute approximate surface area is 157 Å². The Morgan fingerprint density at radius 2 is 0.963 bits per heavy atom. The van der Waals surface area contributed by atoms with Gasteiger partial charge in [0, 0.05) is 28.9 Å². The van der Waals surface area contributed by atoms with E-state index in [4.69, 9.17) is 0 Å². The summed E-state index contributed by atoms with van der Waals surface area (Å²) in [6, 6.07) is 25.8. The van der Waals surface area contributed by atoms with Crippen molar-refractivity contribution in [2.24, 2.45) is 0 Å². The number of para-hydroxylation sites is 2. The summed E-state index contributed by atoms with van der Waals surface area (Å²) in [5.41, 5.74) is 4.57. The van der Waals surface area contributed by atoms with Crippen LogP contribution in [0.15, 0.2) is 84.9 Å². The summed E-state index contributed by atoms with van der Waals surface area (Å²) in [6.45, 7) is 0. The fourth-order valence-electron chi connectivity index (χ4n) is 3.02. The Balaban J connectivity index is 1.64. The number of pyridine rings is 2. The number of aromatic hydroxyl groups is 2. The Bertz CT molecular complexity index is 1010. The highest BCUT2D eigenvalue weighted by Gasteiger charge is 2.09. The molecule has 0 atom stereocenters. The Morgan fingerprint density at radius 3 is 1.41 bits per heavy atom. The lowest BCUT2D eigenvalue weighted by Gasteiger charge is -2.08. The van der Waals surface area contributed by atoms with Gasteiger partial charge in [-0.25, -0.2) is 0 Å². The van der Waals surface area contributed by atoms with Gasteiger partial charge in [-0.1, -0.05) is 36.4 Å². The quantitative estimate of drug-likeness (QED) is 0.552. The Hall–Kier alpha value is -3.66. The number of phenols is 2. The van der Waals surface area contributed by atoms with Crippen molar-refractivity contribution in [1.82, 2.24) is 9.97 Å². The minimum atomic E-state index is 0.210. The largest absolute Gasteiger partial charge is 0.507 e. The Kier molecular flexibility index (Phi) is 4.54. The van der Waals surface area contributed by atoms with Crippen LogP contribution in [0.1, 0.15) is 11.4 Å². The molecule has 4 heteroatoms. The molecule has 2 aromatic carbocycles. The molecule has 0 aliphatic rings. The summed E-state index contributed by atoms with van der Waals surface area (Å²) < 4.78 is 0. The van der Waals surface area contributed by atoms with E-state index in [2.05, 4.69) is 9.97 Å². The van der Waals surface area contributed by atoms with Crippen molar-refractivity contribution in [3.8, 4) is 34.0 Å². The number of hydrogen-bond acceptors (Lipinski definition) is 4. The van der Waals surface area contributed by atoms with Crippen molar-refractivity contribution in [3.63, 3.8) is 0 Å². The minimum Gasteiger partial charge on any atom is -0.507 e. The summed E-state index contributed by atoms with van der Waals surface area (Å²) in [5, 5.41) is 20.1. The van der Waals surface area contributed by atoms with Gasteiger partial charge in [0.1, 0.15) is 11.5 Å². The number of phenolic OH excluding ortho intramolecular Hbond substituents is 2. The first-order valence-electron chi connectivity index (χ1n) is 8.69. The maximum absolute atomic E-state index is 10.1. The van der Waals surface area contributed by atoms with E-state index in [1.165, 1.54) is 0 Å². The molecule has 0 aliphatic heterocycles. The van der Waals surface area contributed by atoms with E-state index in [9.17, 15) is 10.2 Å². The van der Waals surface area contributed by atoms with Crippen LogP contribution in [0, 0.1) is 0 Å². The molecule has 0 fully saturated rings. The van der Waals surface area contributed by atoms with Crippen molar-refractivity contribution < 1.29 is 10.2 Å². The predicted molar refractivity (Wildman–Crippen MR) is 105 cm³/mol. The standard InChI is InChI=1S/C23H18N2O2/c26-22-13-3-1-9-18(22)20-11-5-7-16(24-20)15-17-8-6-12-21(25-17)19-10-2-4-14-23(19)27/h1-14,26-27H,15H2. The van der Waals surface area contributed by atoms with Crippen LogP contribution >= 0.6 is 0 Å². The zero-order chi connectivity index (χ0) is 18.6. The molecule has 0 bridgehead atoms. The third-order valence-electron chi connectivity index (χ3n) is 4.34. The molecule has 0 saturated carbocycles. The van der Waals surface area contributed by atoms with Crippen molar-refractivity contribution in [1.29, 1.82) is 0 Å². The lowest BCUT2D eigenvalue weighted by Crippen LogP contribution is -1.97. The third kappa shape index (κ3) is 3.65. The van der Waals surface area contributed by atoms with E-state index in [-0.39, 0.29) is 11.5 Å². The van der Waals surface area contributed by atoms with Gasteiger partial charge in [-0.15, -0.1) is 0 Å². The fraction of sp³-hybridized carbons (Fsp3) is 0.0435. The van der Waals surface area contributed by atoms with E-state index in [1.54, 1.807) is 24.3 Å². The second kappa shape index (κ2) is 7.30. The molecule has 4 nitrogen and oxygen atoms in total.